The van der Waals surface area contributed by atoms with E-state index in [4.69, 9.17) is 5.73 Å². The summed E-state index contributed by atoms with van der Waals surface area (Å²) in [6.45, 7) is 9.84. The van der Waals surface area contributed by atoms with Crippen LogP contribution in [0.25, 0.3) is 0 Å². The Morgan fingerprint density at radius 2 is 1.88 bits per heavy atom. The third kappa shape index (κ3) is 2.97. The predicted molar refractivity (Wildman–Crippen MR) is 66.9 cm³/mol. The van der Waals surface area contributed by atoms with Crippen LogP contribution < -0.4 is 11.1 Å². The fourth-order valence-corrected chi connectivity index (χ4v) is 2.20. The van der Waals surface area contributed by atoms with Crippen LogP contribution in [0, 0.1) is 23.2 Å². The Morgan fingerprint density at radius 3 is 2.19 bits per heavy atom. The van der Waals surface area contributed by atoms with Crippen LogP contribution in [0.4, 0.5) is 0 Å². The molecule has 3 heteroatoms. The average molecular weight is 226 g/mol. The van der Waals surface area contributed by atoms with Gasteiger partial charge in [0.05, 0.1) is 5.92 Å². The zero-order chi connectivity index (χ0) is 12.3. The lowest BCUT2D eigenvalue weighted by Crippen LogP contribution is -2.41. The molecular formula is C13H26N2O. The van der Waals surface area contributed by atoms with Gasteiger partial charge in [0, 0.05) is 13.1 Å². The van der Waals surface area contributed by atoms with Gasteiger partial charge >= 0.3 is 0 Å². The highest BCUT2D eigenvalue weighted by atomic mass is 16.1. The second-order valence-corrected chi connectivity index (χ2v) is 5.82. The Labute approximate surface area is 99.2 Å². The summed E-state index contributed by atoms with van der Waals surface area (Å²) in [5, 5.41) is 3.08. The highest BCUT2D eigenvalue weighted by Gasteiger charge is 2.45. The molecule has 1 saturated carbocycles. The van der Waals surface area contributed by atoms with E-state index in [0.717, 1.165) is 6.54 Å². The lowest BCUT2D eigenvalue weighted by molar-refractivity contribution is -0.126. The van der Waals surface area contributed by atoms with Crippen molar-refractivity contribution < 1.29 is 4.79 Å². The maximum absolute atomic E-state index is 11.9. The number of nitrogens with one attached hydrogen (secondary N) is 1. The fourth-order valence-electron chi connectivity index (χ4n) is 2.20. The number of hydrogen-bond acceptors (Lipinski definition) is 2. The molecule has 0 bridgehead atoms. The Kier molecular flexibility index (Phi) is 4.36. The molecular weight excluding hydrogens is 200 g/mol. The van der Waals surface area contributed by atoms with Gasteiger partial charge in [-0.25, -0.2) is 0 Å². The zero-order valence-corrected chi connectivity index (χ0v) is 11.0. The summed E-state index contributed by atoms with van der Waals surface area (Å²) in [4.78, 5) is 11.9. The second-order valence-electron chi connectivity index (χ2n) is 5.82. The molecule has 3 nitrogen and oxygen atoms in total. The predicted octanol–water partition coefficient (Wildman–Crippen LogP) is 1.77. The zero-order valence-electron chi connectivity index (χ0n) is 11.0. The van der Waals surface area contributed by atoms with Crippen LogP contribution in [0.5, 0.6) is 0 Å². The summed E-state index contributed by atoms with van der Waals surface area (Å²) < 4.78 is 0. The standard InChI is InChI=1S/C13H26N2O/c1-9(2)11(7-14)12(16)15-8-13(5-6-13)10(3)4/h9-11H,5-8,14H2,1-4H3,(H,15,16). The molecule has 0 radical (unpaired) electrons. The smallest absolute Gasteiger partial charge is 0.224 e. The molecule has 0 aromatic rings. The maximum Gasteiger partial charge on any atom is 0.224 e. The van der Waals surface area contributed by atoms with Gasteiger partial charge in [0.15, 0.2) is 0 Å². The van der Waals surface area contributed by atoms with Crippen LogP contribution >= 0.6 is 0 Å². The molecule has 0 aromatic heterocycles. The van der Waals surface area contributed by atoms with E-state index < -0.39 is 0 Å². The van der Waals surface area contributed by atoms with Crippen molar-refractivity contribution in [3.05, 3.63) is 0 Å². The van der Waals surface area contributed by atoms with Gasteiger partial charge in [-0.05, 0) is 30.1 Å². The summed E-state index contributed by atoms with van der Waals surface area (Å²) in [7, 11) is 0. The van der Waals surface area contributed by atoms with Crippen LogP contribution in [-0.4, -0.2) is 19.0 Å². The minimum Gasteiger partial charge on any atom is -0.355 e. The van der Waals surface area contributed by atoms with Crippen LogP contribution in [0.1, 0.15) is 40.5 Å². The van der Waals surface area contributed by atoms with Crippen LogP contribution in [0.15, 0.2) is 0 Å². The van der Waals surface area contributed by atoms with Gasteiger partial charge in [0.2, 0.25) is 5.91 Å². The average Bonchev–Trinajstić information content (AvgIpc) is 2.96. The van der Waals surface area contributed by atoms with Gasteiger partial charge in [0.25, 0.3) is 0 Å². The number of hydrogen-bond donors (Lipinski definition) is 2. The van der Waals surface area contributed by atoms with E-state index in [9.17, 15) is 4.79 Å². The molecule has 1 amide bonds. The van der Waals surface area contributed by atoms with Gasteiger partial charge < -0.3 is 11.1 Å². The van der Waals surface area contributed by atoms with E-state index in [2.05, 4.69) is 19.2 Å². The molecule has 1 atom stereocenters. The largest absolute Gasteiger partial charge is 0.355 e. The van der Waals surface area contributed by atoms with E-state index in [1.54, 1.807) is 0 Å². The third-order valence-electron chi connectivity index (χ3n) is 4.13. The Hall–Kier alpha value is -0.570. The molecule has 0 saturated heterocycles. The SMILES string of the molecule is CC(C)C(CN)C(=O)NCC1(C(C)C)CC1. The minimum atomic E-state index is -0.0389. The highest BCUT2D eigenvalue weighted by molar-refractivity contribution is 5.79. The third-order valence-corrected chi connectivity index (χ3v) is 4.13. The molecule has 94 valence electrons. The monoisotopic (exact) mass is 226 g/mol. The van der Waals surface area contributed by atoms with E-state index in [-0.39, 0.29) is 11.8 Å². The summed E-state index contributed by atoms with van der Waals surface area (Å²) in [6.07, 6.45) is 2.50. The quantitative estimate of drug-likeness (QED) is 0.725. The van der Waals surface area contributed by atoms with Crippen molar-refractivity contribution in [1.82, 2.24) is 5.32 Å². The number of carbonyl (C=O) groups excluding carboxylic acids is 1. The van der Waals surface area contributed by atoms with E-state index >= 15 is 0 Å². The van der Waals surface area contributed by atoms with Gasteiger partial charge in [0.1, 0.15) is 0 Å². The fraction of sp³-hybridized carbons (Fsp3) is 0.923. The topological polar surface area (TPSA) is 55.1 Å². The molecule has 1 rings (SSSR count). The first-order valence-electron chi connectivity index (χ1n) is 6.40. The molecule has 1 fully saturated rings. The number of nitrogens with two attached hydrogens (primary N) is 1. The second kappa shape index (κ2) is 5.17. The summed E-state index contributed by atoms with van der Waals surface area (Å²) in [6, 6.07) is 0. The van der Waals surface area contributed by atoms with Crippen LogP contribution in [0.3, 0.4) is 0 Å². The summed E-state index contributed by atoms with van der Waals surface area (Å²) >= 11 is 0. The minimum absolute atomic E-state index is 0.0389. The molecule has 1 aliphatic rings. The van der Waals surface area contributed by atoms with Crippen molar-refractivity contribution in [1.29, 1.82) is 0 Å². The lowest BCUT2D eigenvalue weighted by atomic mass is 9.91. The van der Waals surface area contributed by atoms with Gasteiger partial charge in [-0.15, -0.1) is 0 Å². The van der Waals surface area contributed by atoms with E-state index in [1.807, 2.05) is 13.8 Å². The van der Waals surface area contributed by atoms with Crippen molar-refractivity contribution in [2.45, 2.75) is 40.5 Å². The van der Waals surface area contributed by atoms with Crippen molar-refractivity contribution in [2.75, 3.05) is 13.1 Å². The molecule has 0 aromatic carbocycles. The molecule has 3 N–H and O–H groups in total. The van der Waals surface area contributed by atoms with Crippen molar-refractivity contribution in [3.63, 3.8) is 0 Å². The van der Waals surface area contributed by atoms with E-state index in [0.29, 0.717) is 23.8 Å². The van der Waals surface area contributed by atoms with Crippen LogP contribution in [0.2, 0.25) is 0 Å². The van der Waals surface area contributed by atoms with Gasteiger partial charge in [-0.3, -0.25) is 4.79 Å². The van der Waals surface area contributed by atoms with E-state index in [1.165, 1.54) is 12.8 Å². The molecule has 0 spiro atoms. The first-order chi connectivity index (χ1) is 7.43. The van der Waals surface area contributed by atoms with Gasteiger partial charge in [-0.2, -0.15) is 0 Å². The molecule has 1 unspecified atom stereocenters. The first kappa shape index (κ1) is 13.5. The Balaban J connectivity index is 2.40. The number of amides is 1. The Morgan fingerprint density at radius 1 is 1.31 bits per heavy atom. The lowest BCUT2D eigenvalue weighted by Gasteiger charge is -2.23. The Bertz CT molecular complexity index is 244. The van der Waals surface area contributed by atoms with Crippen molar-refractivity contribution >= 4 is 5.91 Å². The first-order valence-corrected chi connectivity index (χ1v) is 6.40. The van der Waals surface area contributed by atoms with Crippen LogP contribution in [-0.2, 0) is 4.79 Å². The molecule has 1 aliphatic carbocycles. The molecule has 16 heavy (non-hydrogen) atoms. The van der Waals surface area contributed by atoms with Crippen molar-refractivity contribution in [3.8, 4) is 0 Å². The number of carbonyl (C=O) groups is 1. The highest BCUT2D eigenvalue weighted by Crippen LogP contribution is 2.51. The molecule has 0 heterocycles. The van der Waals surface area contributed by atoms with Gasteiger partial charge in [-0.1, -0.05) is 27.7 Å². The molecule has 0 aliphatic heterocycles. The maximum atomic E-state index is 11.9. The normalized spacial score (nSPS) is 19.9. The summed E-state index contributed by atoms with van der Waals surface area (Å²) in [5.74, 6) is 1.06. The van der Waals surface area contributed by atoms with Crippen molar-refractivity contribution in [2.24, 2.45) is 28.9 Å². The number of rotatable bonds is 6. The summed E-state index contributed by atoms with van der Waals surface area (Å²) in [5.41, 5.74) is 6.01.